The number of amides is 1. The zero-order valence-electron chi connectivity index (χ0n) is 9.76. The molecule has 98 valence electrons. The van der Waals surface area contributed by atoms with Crippen LogP contribution in [0.3, 0.4) is 0 Å². The van der Waals surface area contributed by atoms with Gasteiger partial charge < -0.3 is 10.0 Å². The van der Waals surface area contributed by atoms with E-state index in [0.717, 1.165) is 19.1 Å². The smallest absolute Gasteiger partial charge is 0.305 e. The Balaban J connectivity index is 2.70. The summed E-state index contributed by atoms with van der Waals surface area (Å²) in [6.07, 6.45) is 3.19. The monoisotopic (exact) mass is 263 g/mol. The van der Waals surface area contributed by atoms with E-state index in [1.807, 2.05) is 0 Å². The summed E-state index contributed by atoms with van der Waals surface area (Å²) in [4.78, 5) is 23.8. The normalized spacial score (nSPS) is 21.2. The van der Waals surface area contributed by atoms with Gasteiger partial charge in [0.1, 0.15) is 5.75 Å². The summed E-state index contributed by atoms with van der Waals surface area (Å²) in [6.45, 7) is 0.451. The van der Waals surface area contributed by atoms with Crippen LogP contribution in [0.4, 0.5) is 0 Å². The van der Waals surface area contributed by atoms with Gasteiger partial charge in [0.25, 0.3) is 0 Å². The van der Waals surface area contributed by atoms with E-state index >= 15 is 0 Å². The van der Waals surface area contributed by atoms with Crippen LogP contribution in [0.15, 0.2) is 0 Å². The molecule has 0 spiro atoms. The number of piperidine rings is 1. The summed E-state index contributed by atoms with van der Waals surface area (Å²) in [6, 6.07) is -0.365. The molecule has 1 atom stereocenters. The molecule has 1 unspecified atom stereocenters. The first kappa shape index (κ1) is 14.0. The van der Waals surface area contributed by atoms with E-state index in [4.69, 9.17) is 5.11 Å². The fraction of sp³-hybridized carbons (Fsp3) is 0.800. The first-order valence-corrected chi connectivity index (χ1v) is 7.54. The third-order valence-electron chi connectivity index (χ3n) is 2.74. The van der Waals surface area contributed by atoms with Crippen molar-refractivity contribution in [2.24, 2.45) is 0 Å². The molecule has 0 bridgehead atoms. The molecule has 1 heterocycles. The molecule has 0 saturated carbocycles. The lowest BCUT2D eigenvalue weighted by Crippen LogP contribution is -2.46. The van der Waals surface area contributed by atoms with Gasteiger partial charge in [-0.1, -0.05) is 0 Å². The van der Waals surface area contributed by atoms with Crippen LogP contribution in [-0.2, 0) is 19.4 Å². The molecule has 1 amide bonds. The summed E-state index contributed by atoms with van der Waals surface area (Å²) in [5.74, 6) is -1.99. The summed E-state index contributed by atoms with van der Waals surface area (Å²) in [5, 5.41) is 8.74. The number of nitrogens with zero attached hydrogens (tertiary/aromatic N) is 1. The maximum Gasteiger partial charge on any atom is 0.305 e. The molecule has 1 aliphatic heterocycles. The number of hydrogen-bond acceptors (Lipinski definition) is 4. The molecule has 1 aliphatic rings. The summed E-state index contributed by atoms with van der Waals surface area (Å²) in [7, 11) is -3.36. The SMILES string of the molecule is CS(=O)(=O)CC(=O)N1CCCCC1CC(=O)O. The second-order valence-electron chi connectivity index (χ2n) is 4.40. The first-order chi connectivity index (χ1) is 7.79. The third-order valence-corrected chi connectivity index (χ3v) is 3.51. The van der Waals surface area contributed by atoms with Crippen LogP contribution >= 0.6 is 0 Å². The number of aliphatic carboxylic acids is 1. The fourth-order valence-corrected chi connectivity index (χ4v) is 2.66. The second-order valence-corrected chi connectivity index (χ2v) is 6.54. The van der Waals surface area contributed by atoms with Gasteiger partial charge in [0.15, 0.2) is 9.84 Å². The number of carbonyl (C=O) groups is 2. The van der Waals surface area contributed by atoms with Gasteiger partial charge in [-0.15, -0.1) is 0 Å². The van der Waals surface area contributed by atoms with E-state index < -0.39 is 27.5 Å². The highest BCUT2D eigenvalue weighted by Crippen LogP contribution is 2.20. The zero-order valence-corrected chi connectivity index (χ0v) is 10.6. The first-order valence-electron chi connectivity index (χ1n) is 5.48. The Morgan fingerprint density at radius 2 is 2.00 bits per heavy atom. The molecule has 1 saturated heterocycles. The van der Waals surface area contributed by atoms with Crippen LogP contribution < -0.4 is 0 Å². The van der Waals surface area contributed by atoms with E-state index in [1.165, 1.54) is 4.90 Å². The molecule has 1 rings (SSSR count). The van der Waals surface area contributed by atoms with Crippen molar-refractivity contribution in [3.8, 4) is 0 Å². The van der Waals surface area contributed by atoms with Crippen molar-refractivity contribution >= 4 is 21.7 Å². The van der Waals surface area contributed by atoms with Gasteiger partial charge in [0, 0.05) is 18.8 Å². The molecule has 17 heavy (non-hydrogen) atoms. The lowest BCUT2D eigenvalue weighted by atomic mass is 9.99. The highest BCUT2D eigenvalue weighted by Gasteiger charge is 2.29. The van der Waals surface area contributed by atoms with E-state index in [-0.39, 0.29) is 12.5 Å². The Kier molecular flexibility index (Phi) is 4.50. The van der Waals surface area contributed by atoms with Crippen molar-refractivity contribution in [2.75, 3.05) is 18.6 Å². The quantitative estimate of drug-likeness (QED) is 0.764. The molecule has 0 aliphatic carbocycles. The number of carboxylic acid groups (broad SMARTS) is 1. The van der Waals surface area contributed by atoms with Crippen molar-refractivity contribution in [1.82, 2.24) is 4.90 Å². The van der Waals surface area contributed by atoms with Crippen molar-refractivity contribution in [3.63, 3.8) is 0 Å². The molecule has 0 aromatic rings. The topological polar surface area (TPSA) is 91.8 Å². The predicted octanol–water partition coefficient (Wildman–Crippen LogP) is -0.113. The minimum absolute atomic E-state index is 0.116. The third kappa shape index (κ3) is 4.72. The van der Waals surface area contributed by atoms with Crippen molar-refractivity contribution in [3.05, 3.63) is 0 Å². The van der Waals surface area contributed by atoms with Crippen LogP contribution in [0.5, 0.6) is 0 Å². The van der Waals surface area contributed by atoms with Crippen LogP contribution in [0, 0.1) is 0 Å². The number of rotatable bonds is 4. The minimum atomic E-state index is -3.36. The maximum atomic E-state index is 11.8. The molecule has 0 radical (unpaired) electrons. The van der Waals surface area contributed by atoms with Gasteiger partial charge in [-0.25, -0.2) is 8.42 Å². The Morgan fingerprint density at radius 3 is 2.53 bits per heavy atom. The molecule has 7 heteroatoms. The van der Waals surface area contributed by atoms with E-state index in [2.05, 4.69) is 0 Å². The summed E-state index contributed by atoms with van der Waals surface area (Å²) in [5.41, 5.74) is 0. The van der Waals surface area contributed by atoms with Gasteiger partial charge in [-0.05, 0) is 19.3 Å². The van der Waals surface area contributed by atoms with Crippen LogP contribution in [0.2, 0.25) is 0 Å². The number of likely N-dealkylation sites (tertiary alicyclic amines) is 1. The van der Waals surface area contributed by atoms with E-state index in [1.54, 1.807) is 0 Å². The molecular weight excluding hydrogens is 246 g/mol. The molecule has 6 nitrogen and oxygen atoms in total. The van der Waals surface area contributed by atoms with Crippen LogP contribution in [-0.4, -0.2) is 54.9 Å². The van der Waals surface area contributed by atoms with E-state index in [9.17, 15) is 18.0 Å². The molecule has 0 aromatic carbocycles. The van der Waals surface area contributed by atoms with Crippen LogP contribution in [0.25, 0.3) is 0 Å². The number of carbonyl (C=O) groups excluding carboxylic acids is 1. The fourth-order valence-electron chi connectivity index (χ4n) is 2.05. The minimum Gasteiger partial charge on any atom is -0.481 e. The van der Waals surface area contributed by atoms with Crippen LogP contribution in [0.1, 0.15) is 25.7 Å². The molecule has 1 fully saturated rings. The van der Waals surface area contributed by atoms with Crippen molar-refractivity contribution in [2.45, 2.75) is 31.7 Å². The van der Waals surface area contributed by atoms with Crippen molar-refractivity contribution in [1.29, 1.82) is 0 Å². The Labute approximate surface area is 101 Å². The Bertz CT molecular complexity index is 403. The molecule has 1 N–H and O–H groups in total. The largest absolute Gasteiger partial charge is 0.481 e. The Morgan fingerprint density at radius 1 is 1.35 bits per heavy atom. The standard InChI is InChI=1S/C10H17NO5S/c1-17(15,16)7-9(12)11-5-3-2-4-8(11)6-10(13)14/h8H,2-7H2,1H3,(H,13,14). The lowest BCUT2D eigenvalue weighted by Gasteiger charge is -2.34. The number of hydrogen-bond donors (Lipinski definition) is 1. The molecular formula is C10H17NO5S. The zero-order chi connectivity index (χ0) is 13.1. The van der Waals surface area contributed by atoms with Gasteiger partial charge in [0.2, 0.25) is 5.91 Å². The lowest BCUT2D eigenvalue weighted by molar-refractivity contribution is -0.141. The predicted molar refractivity (Wildman–Crippen MR) is 61.3 cm³/mol. The summed E-state index contributed by atoms with van der Waals surface area (Å²) >= 11 is 0. The number of carboxylic acids is 1. The van der Waals surface area contributed by atoms with E-state index in [0.29, 0.717) is 13.0 Å². The average Bonchev–Trinajstić information content (AvgIpc) is 2.14. The van der Waals surface area contributed by atoms with Gasteiger partial charge >= 0.3 is 5.97 Å². The maximum absolute atomic E-state index is 11.8. The molecule has 0 aromatic heterocycles. The number of sulfone groups is 1. The summed E-state index contributed by atoms with van der Waals surface area (Å²) < 4.78 is 22.1. The van der Waals surface area contributed by atoms with Crippen molar-refractivity contribution < 1.29 is 23.1 Å². The van der Waals surface area contributed by atoms with Gasteiger partial charge in [0.05, 0.1) is 6.42 Å². The average molecular weight is 263 g/mol. The Hall–Kier alpha value is -1.11. The second kappa shape index (κ2) is 5.48. The highest BCUT2D eigenvalue weighted by molar-refractivity contribution is 7.91. The van der Waals surface area contributed by atoms with Gasteiger partial charge in [-0.3, -0.25) is 9.59 Å². The van der Waals surface area contributed by atoms with Gasteiger partial charge in [-0.2, -0.15) is 0 Å². The highest BCUT2D eigenvalue weighted by atomic mass is 32.2.